The number of hydrogen-bond acceptors (Lipinski definition) is 3. The average Bonchev–Trinajstić information content (AvgIpc) is 3.93. The predicted molar refractivity (Wildman–Crippen MR) is 263 cm³/mol. The highest BCUT2D eigenvalue weighted by Crippen LogP contribution is 2.60. The Kier molecular flexibility index (Phi) is 8.18. The number of hydrogen-bond donors (Lipinski definition) is 0. The average molecular weight is 823 g/mol. The van der Waals surface area contributed by atoms with Crippen LogP contribution in [-0.4, -0.2) is 9.97 Å². The maximum absolute atomic E-state index is 6.27. The lowest BCUT2D eigenvalue weighted by molar-refractivity contribution is 0.353. The molecule has 0 saturated heterocycles. The van der Waals surface area contributed by atoms with Crippen molar-refractivity contribution in [3.8, 4) is 78.4 Å². The van der Waals surface area contributed by atoms with E-state index in [0.717, 1.165) is 50.0 Å². The minimum absolute atomic E-state index is 0.00983. The van der Waals surface area contributed by atoms with Gasteiger partial charge in [-0.3, -0.25) is 0 Å². The molecule has 2 aromatic heterocycles. The van der Waals surface area contributed by atoms with Crippen LogP contribution in [0, 0.1) is 0 Å². The second-order valence-corrected chi connectivity index (χ2v) is 18.8. The van der Waals surface area contributed by atoms with Crippen LogP contribution in [0.5, 0.6) is 0 Å². The van der Waals surface area contributed by atoms with Crippen LogP contribution in [0.15, 0.2) is 186 Å². The van der Waals surface area contributed by atoms with E-state index in [1.165, 1.54) is 93.3 Å². The molecule has 0 atom stereocenters. The van der Waals surface area contributed by atoms with Crippen molar-refractivity contribution in [3.63, 3.8) is 0 Å². The van der Waals surface area contributed by atoms with E-state index in [2.05, 4.69) is 166 Å². The molecule has 0 bridgehead atoms. The Morgan fingerprint density at radius 2 is 0.938 bits per heavy atom. The van der Waals surface area contributed by atoms with Crippen molar-refractivity contribution in [1.82, 2.24) is 9.97 Å². The molecule has 2 heterocycles. The molecule has 1 saturated carbocycles. The summed E-state index contributed by atoms with van der Waals surface area (Å²) in [5.41, 5.74) is 23.2. The number of aromatic nitrogens is 2. The van der Waals surface area contributed by atoms with Crippen molar-refractivity contribution in [2.24, 2.45) is 0 Å². The largest absolute Gasteiger partial charge is 0.456 e. The lowest BCUT2D eigenvalue weighted by atomic mass is 9.67. The lowest BCUT2D eigenvalue weighted by Gasteiger charge is -2.36. The summed E-state index contributed by atoms with van der Waals surface area (Å²) in [6, 6.07) is 66.4. The molecule has 306 valence electrons. The van der Waals surface area contributed by atoms with E-state index < -0.39 is 0 Å². The Labute approximate surface area is 374 Å². The van der Waals surface area contributed by atoms with E-state index in [0.29, 0.717) is 5.82 Å². The second kappa shape index (κ2) is 14.1. The van der Waals surface area contributed by atoms with Gasteiger partial charge in [0.2, 0.25) is 0 Å². The second-order valence-electron chi connectivity index (χ2n) is 18.8. The molecular formula is C61H46N2O. The van der Waals surface area contributed by atoms with E-state index in [-0.39, 0.29) is 10.8 Å². The molecule has 0 radical (unpaired) electrons. The molecule has 13 rings (SSSR count). The van der Waals surface area contributed by atoms with Gasteiger partial charge in [-0.2, -0.15) is 0 Å². The van der Waals surface area contributed by atoms with Crippen LogP contribution >= 0.6 is 0 Å². The smallest absolute Gasteiger partial charge is 0.160 e. The van der Waals surface area contributed by atoms with Crippen LogP contribution in [0.25, 0.3) is 100 Å². The highest BCUT2D eigenvalue weighted by atomic mass is 16.3. The molecule has 64 heavy (non-hydrogen) atoms. The normalized spacial score (nSPS) is 15.3. The number of nitrogens with zero attached hydrogens (tertiary/aromatic N) is 2. The maximum atomic E-state index is 6.27. The van der Waals surface area contributed by atoms with Gasteiger partial charge in [0.25, 0.3) is 0 Å². The van der Waals surface area contributed by atoms with E-state index in [1.54, 1.807) is 5.56 Å². The Bertz CT molecular complexity index is 3480. The van der Waals surface area contributed by atoms with Crippen molar-refractivity contribution >= 4 is 21.9 Å². The first-order chi connectivity index (χ1) is 31.4. The minimum atomic E-state index is -0.00983. The Balaban J connectivity index is 0.820. The molecule has 3 aliphatic rings. The fraction of sp³-hybridized carbons (Fsp3) is 0.148. The molecule has 0 unspecified atom stereocenters. The molecule has 0 aliphatic heterocycles. The fourth-order valence-electron chi connectivity index (χ4n) is 11.6. The quantitative estimate of drug-likeness (QED) is 0.174. The van der Waals surface area contributed by atoms with Crippen molar-refractivity contribution in [3.05, 3.63) is 204 Å². The number of benzene rings is 8. The summed E-state index contributed by atoms with van der Waals surface area (Å²) in [6.07, 6.45) is 6.32. The highest BCUT2D eigenvalue weighted by molar-refractivity contribution is 6.06. The highest BCUT2D eigenvalue weighted by Gasteiger charge is 2.46. The summed E-state index contributed by atoms with van der Waals surface area (Å²) in [7, 11) is 0. The molecule has 0 N–H and O–H groups in total. The Morgan fingerprint density at radius 1 is 0.375 bits per heavy atom. The molecule has 1 fully saturated rings. The maximum Gasteiger partial charge on any atom is 0.160 e. The monoisotopic (exact) mass is 822 g/mol. The lowest BCUT2D eigenvalue weighted by Crippen LogP contribution is -2.28. The van der Waals surface area contributed by atoms with Crippen molar-refractivity contribution in [2.45, 2.75) is 56.8 Å². The molecular weight excluding hydrogens is 777 g/mol. The van der Waals surface area contributed by atoms with Crippen molar-refractivity contribution in [2.75, 3.05) is 0 Å². The van der Waals surface area contributed by atoms with Gasteiger partial charge in [-0.15, -0.1) is 0 Å². The summed E-state index contributed by atoms with van der Waals surface area (Å²) >= 11 is 0. The number of fused-ring (bicyclic) bond motifs is 11. The summed E-state index contributed by atoms with van der Waals surface area (Å²) in [6.45, 7) is 4.80. The van der Waals surface area contributed by atoms with Crippen LogP contribution in [0.3, 0.4) is 0 Å². The van der Waals surface area contributed by atoms with Crippen LogP contribution in [0.1, 0.15) is 68.2 Å². The van der Waals surface area contributed by atoms with Crippen molar-refractivity contribution in [1.29, 1.82) is 0 Å². The third kappa shape index (κ3) is 5.66. The fourth-order valence-corrected chi connectivity index (χ4v) is 11.6. The molecule has 3 nitrogen and oxygen atoms in total. The zero-order chi connectivity index (χ0) is 42.6. The standard InChI is InChI=1S/C61H46N2O/c1-60(2)51-17-9-7-15-45(51)49-36-54-50(35-52(49)60)46-29-27-43(33-53(46)61(54)31-11-4-12-32-61)40-21-19-38(20-22-40)39-23-25-41(26-24-39)55-37-56(63-59(62-55)42-13-5-3-6-14-42)44-28-30-48-47-16-8-10-18-57(47)64-58(48)34-44/h3,5-10,13-30,33-37H,4,11-12,31-32H2,1-2H3. The van der Waals surface area contributed by atoms with Gasteiger partial charge in [-0.25, -0.2) is 9.97 Å². The van der Waals surface area contributed by atoms with E-state index in [1.807, 2.05) is 30.3 Å². The minimum Gasteiger partial charge on any atom is -0.456 e. The van der Waals surface area contributed by atoms with Gasteiger partial charge < -0.3 is 4.42 Å². The first-order valence-electron chi connectivity index (χ1n) is 22.9. The van der Waals surface area contributed by atoms with E-state index in [4.69, 9.17) is 14.4 Å². The predicted octanol–water partition coefficient (Wildman–Crippen LogP) is 16.2. The zero-order valence-electron chi connectivity index (χ0n) is 36.2. The van der Waals surface area contributed by atoms with Gasteiger partial charge in [0.15, 0.2) is 5.82 Å². The molecule has 8 aromatic carbocycles. The zero-order valence-corrected chi connectivity index (χ0v) is 36.2. The summed E-state index contributed by atoms with van der Waals surface area (Å²) in [5.74, 6) is 0.695. The Morgan fingerprint density at radius 3 is 1.72 bits per heavy atom. The van der Waals surface area contributed by atoms with Gasteiger partial charge in [0.05, 0.1) is 11.4 Å². The van der Waals surface area contributed by atoms with Gasteiger partial charge >= 0.3 is 0 Å². The topological polar surface area (TPSA) is 38.9 Å². The number of rotatable bonds is 5. The van der Waals surface area contributed by atoms with E-state index in [9.17, 15) is 0 Å². The molecule has 3 heteroatoms. The van der Waals surface area contributed by atoms with Gasteiger partial charge in [0, 0.05) is 38.3 Å². The van der Waals surface area contributed by atoms with Crippen LogP contribution in [0.2, 0.25) is 0 Å². The van der Waals surface area contributed by atoms with E-state index >= 15 is 0 Å². The summed E-state index contributed by atoms with van der Waals surface area (Å²) in [4.78, 5) is 10.2. The number of furan rings is 1. The third-order valence-corrected chi connectivity index (χ3v) is 14.9. The molecule has 10 aromatic rings. The SMILES string of the molecule is CC1(C)c2ccccc2-c2cc3c(cc21)-c1ccc(-c2ccc(-c4ccc(-c5cc(-c6ccc7c(c6)oc6ccccc67)nc(-c6ccccc6)n5)cc4)cc2)cc1C31CCCCC1. The number of para-hydroxylation sites is 1. The van der Waals surface area contributed by atoms with Crippen LogP contribution in [-0.2, 0) is 10.8 Å². The Hall–Kier alpha value is -7.36. The van der Waals surface area contributed by atoms with Crippen molar-refractivity contribution < 1.29 is 4.42 Å². The van der Waals surface area contributed by atoms with Crippen LogP contribution in [0.4, 0.5) is 0 Å². The molecule has 1 spiro atoms. The molecule has 3 aliphatic carbocycles. The molecule has 0 amide bonds. The third-order valence-electron chi connectivity index (χ3n) is 14.9. The first-order valence-corrected chi connectivity index (χ1v) is 22.9. The first kappa shape index (κ1) is 37.2. The summed E-state index contributed by atoms with van der Waals surface area (Å²) in [5, 5.41) is 2.22. The van der Waals surface area contributed by atoms with Gasteiger partial charge in [-0.05, 0) is 122 Å². The summed E-state index contributed by atoms with van der Waals surface area (Å²) < 4.78 is 6.27. The van der Waals surface area contributed by atoms with Gasteiger partial charge in [0.1, 0.15) is 11.2 Å². The van der Waals surface area contributed by atoms with Gasteiger partial charge in [-0.1, -0.05) is 173 Å². The van der Waals surface area contributed by atoms with Crippen LogP contribution < -0.4 is 0 Å².